The number of aromatic amines is 1. The summed E-state index contributed by atoms with van der Waals surface area (Å²) in [6, 6.07) is 5.56. The third-order valence-corrected chi connectivity index (χ3v) is 5.13. The lowest BCUT2D eigenvalue weighted by molar-refractivity contribution is -0.384. The molecule has 0 radical (unpaired) electrons. The largest absolute Gasteiger partial charge is 0.387 e. The van der Waals surface area contributed by atoms with Crippen LogP contribution in [0, 0.1) is 10.1 Å². The van der Waals surface area contributed by atoms with Crippen molar-refractivity contribution >= 4 is 35.2 Å². The second-order valence-electron chi connectivity index (χ2n) is 6.98. The summed E-state index contributed by atoms with van der Waals surface area (Å²) >= 11 is 0. The van der Waals surface area contributed by atoms with Gasteiger partial charge in [-0.05, 0) is 17.7 Å². The van der Waals surface area contributed by atoms with Gasteiger partial charge >= 0.3 is 5.69 Å². The molecule has 0 spiro atoms. The summed E-state index contributed by atoms with van der Waals surface area (Å²) < 4.78 is 8.20. The number of ether oxygens (including phenoxy) is 1. The molecule has 3 heterocycles. The van der Waals surface area contributed by atoms with Crippen molar-refractivity contribution in [2.45, 2.75) is 12.6 Å². The number of anilines is 1. The zero-order valence-electron chi connectivity index (χ0n) is 16.6. The van der Waals surface area contributed by atoms with E-state index in [2.05, 4.69) is 9.97 Å². The van der Waals surface area contributed by atoms with Crippen molar-refractivity contribution in [2.75, 3.05) is 31.2 Å². The summed E-state index contributed by atoms with van der Waals surface area (Å²) in [5, 5.41) is 21.6. The standard InChI is InChI=1S/C18H20N6O6.ClH/c1-21-15-14(16(26)20-18(21)27)23(17(19-15)22-6-8-30-9-7-22)10-13(25)11-2-4-12(5-3-11)24(28)29;/h2-5,13,25H,6-10H2,1H3,(H,20,26,27);1H. The van der Waals surface area contributed by atoms with E-state index in [0.29, 0.717) is 37.8 Å². The summed E-state index contributed by atoms with van der Waals surface area (Å²) in [4.78, 5) is 43.6. The second kappa shape index (κ2) is 8.88. The number of hydrogen-bond donors (Lipinski definition) is 2. The van der Waals surface area contributed by atoms with E-state index in [9.17, 15) is 24.8 Å². The van der Waals surface area contributed by atoms with Crippen LogP contribution in [0.5, 0.6) is 0 Å². The van der Waals surface area contributed by atoms with Crippen LogP contribution >= 0.6 is 12.4 Å². The van der Waals surface area contributed by atoms with Gasteiger partial charge in [-0.25, -0.2) is 4.79 Å². The molecule has 166 valence electrons. The lowest BCUT2D eigenvalue weighted by Gasteiger charge is -2.28. The van der Waals surface area contributed by atoms with Gasteiger partial charge in [-0.15, -0.1) is 12.4 Å². The molecule has 31 heavy (non-hydrogen) atoms. The highest BCUT2D eigenvalue weighted by Crippen LogP contribution is 2.25. The van der Waals surface area contributed by atoms with E-state index >= 15 is 0 Å². The predicted octanol–water partition coefficient (Wildman–Crippen LogP) is 0.324. The van der Waals surface area contributed by atoms with Gasteiger partial charge in [0, 0.05) is 32.3 Å². The predicted molar refractivity (Wildman–Crippen MR) is 114 cm³/mol. The number of H-pyrrole nitrogens is 1. The third-order valence-electron chi connectivity index (χ3n) is 5.13. The van der Waals surface area contributed by atoms with Gasteiger partial charge in [-0.2, -0.15) is 4.98 Å². The maximum absolute atomic E-state index is 12.6. The number of benzene rings is 1. The van der Waals surface area contributed by atoms with Crippen LogP contribution in [0.2, 0.25) is 0 Å². The molecule has 0 amide bonds. The van der Waals surface area contributed by atoms with Gasteiger partial charge in [-0.3, -0.25) is 24.5 Å². The molecule has 1 aliphatic heterocycles. The quantitative estimate of drug-likeness (QED) is 0.415. The average molecular weight is 453 g/mol. The first-order valence-corrected chi connectivity index (χ1v) is 9.31. The van der Waals surface area contributed by atoms with E-state index in [-0.39, 0.29) is 35.8 Å². The molecule has 1 unspecified atom stereocenters. The average Bonchev–Trinajstić information content (AvgIpc) is 3.12. The fourth-order valence-electron chi connectivity index (χ4n) is 3.50. The van der Waals surface area contributed by atoms with Gasteiger partial charge in [0.15, 0.2) is 11.2 Å². The molecule has 12 nitrogen and oxygen atoms in total. The van der Waals surface area contributed by atoms with E-state index in [4.69, 9.17) is 4.74 Å². The number of halogens is 1. The number of non-ortho nitro benzene ring substituents is 1. The minimum atomic E-state index is -1.06. The molecule has 0 aliphatic carbocycles. The van der Waals surface area contributed by atoms with Crippen LogP contribution in [0.1, 0.15) is 11.7 Å². The lowest BCUT2D eigenvalue weighted by Crippen LogP contribution is -2.38. The number of morpholine rings is 1. The molecule has 1 aliphatic rings. The Morgan fingerprint density at radius 2 is 1.90 bits per heavy atom. The van der Waals surface area contributed by atoms with Crippen LogP contribution in [0.4, 0.5) is 11.6 Å². The number of imidazole rings is 1. The van der Waals surface area contributed by atoms with Crippen LogP contribution in [0.25, 0.3) is 11.2 Å². The van der Waals surface area contributed by atoms with Crippen LogP contribution in [-0.2, 0) is 18.3 Å². The van der Waals surface area contributed by atoms with E-state index in [1.165, 1.54) is 35.9 Å². The Labute approximate surface area is 181 Å². The monoisotopic (exact) mass is 452 g/mol. The zero-order chi connectivity index (χ0) is 21.4. The Kier molecular flexibility index (Phi) is 6.43. The molecule has 1 atom stereocenters. The molecule has 1 aromatic carbocycles. The molecule has 13 heteroatoms. The Morgan fingerprint density at radius 3 is 2.52 bits per heavy atom. The number of nitro groups is 1. The Morgan fingerprint density at radius 1 is 1.26 bits per heavy atom. The van der Waals surface area contributed by atoms with Crippen LogP contribution in [0.15, 0.2) is 33.9 Å². The number of fused-ring (bicyclic) bond motifs is 1. The molecule has 1 saturated heterocycles. The van der Waals surface area contributed by atoms with Crippen molar-refractivity contribution in [3.8, 4) is 0 Å². The number of aliphatic hydroxyl groups excluding tert-OH is 1. The number of hydrogen-bond acceptors (Lipinski definition) is 8. The first kappa shape index (κ1) is 22.5. The van der Waals surface area contributed by atoms with E-state index < -0.39 is 22.3 Å². The molecule has 2 aromatic heterocycles. The summed E-state index contributed by atoms with van der Waals surface area (Å²) in [6.07, 6.45) is -1.06. The minimum Gasteiger partial charge on any atom is -0.387 e. The highest BCUT2D eigenvalue weighted by Gasteiger charge is 2.25. The fourth-order valence-corrected chi connectivity index (χ4v) is 3.50. The van der Waals surface area contributed by atoms with Crippen LogP contribution < -0.4 is 16.1 Å². The first-order valence-electron chi connectivity index (χ1n) is 9.31. The minimum absolute atomic E-state index is 0. The highest BCUT2D eigenvalue weighted by atomic mass is 35.5. The molecular formula is C18H21ClN6O6. The molecule has 4 rings (SSSR count). The van der Waals surface area contributed by atoms with Gasteiger partial charge in [0.2, 0.25) is 5.95 Å². The van der Waals surface area contributed by atoms with E-state index in [1.807, 2.05) is 4.90 Å². The number of nitro benzene ring substituents is 1. The summed E-state index contributed by atoms with van der Waals surface area (Å²) in [7, 11) is 1.51. The Hall–Kier alpha value is -3.22. The van der Waals surface area contributed by atoms with Crippen molar-refractivity contribution < 1.29 is 14.8 Å². The van der Waals surface area contributed by atoms with Gasteiger partial charge in [-0.1, -0.05) is 0 Å². The van der Waals surface area contributed by atoms with Gasteiger partial charge in [0.25, 0.3) is 11.2 Å². The summed E-state index contributed by atoms with van der Waals surface area (Å²) in [5.74, 6) is 0.445. The molecule has 3 aromatic rings. The zero-order valence-corrected chi connectivity index (χ0v) is 17.4. The maximum Gasteiger partial charge on any atom is 0.329 e. The van der Waals surface area contributed by atoms with Crippen molar-refractivity contribution in [3.63, 3.8) is 0 Å². The smallest absolute Gasteiger partial charge is 0.329 e. The highest BCUT2D eigenvalue weighted by molar-refractivity contribution is 5.85. The van der Waals surface area contributed by atoms with Crippen LogP contribution in [0.3, 0.4) is 0 Å². The number of nitrogens with one attached hydrogen (secondary N) is 1. The maximum atomic E-state index is 12.6. The van der Waals surface area contributed by atoms with Crippen molar-refractivity contribution in [1.82, 2.24) is 19.1 Å². The molecule has 0 bridgehead atoms. The van der Waals surface area contributed by atoms with Crippen molar-refractivity contribution in [2.24, 2.45) is 7.05 Å². The van der Waals surface area contributed by atoms with E-state index in [1.54, 1.807) is 4.57 Å². The normalized spacial score (nSPS) is 15.0. The van der Waals surface area contributed by atoms with E-state index in [0.717, 1.165) is 0 Å². The van der Waals surface area contributed by atoms with Crippen molar-refractivity contribution in [3.05, 3.63) is 60.8 Å². The number of aliphatic hydroxyl groups is 1. The summed E-state index contributed by atoms with van der Waals surface area (Å²) in [6.45, 7) is 2.04. The number of nitrogens with zero attached hydrogens (tertiary/aromatic N) is 5. The molecule has 2 N–H and O–H groups in total. The van der Waals surface area contributed by atoms with Crippen LogP contribution in [-0.4, -0.2) is 55.4 Å². The van der Waals surface area contributed by atoms with Gasteiger partial charge in [0.05, 0.1) is 30.8 Å². The first-order chi connectivity index (χ1) is 14.4. The second-order valence-corrected chi connectivity index (χ2v) is 6.98. The van der Waals surface area contributed by atoms with Gasteiger partial charge < -0.3 is 19.3 Å². The molecular weight excluding hydrogens is 432 g/mol. The Balaban J connectivity index is 0.00000272. The fraction of sp³-hybridized carbons (Fsp3) is 0.389. The Bertz CT molecular complexity index is 1210. The summed E-state index contributed by atoms with van der Waals surface area (Å²) in [5.41, 5.74) is -0.436. The molecule has 1 fully saturated rings. The lowest BCUT2D eigenvalue weighted by atomic mass is 10.1. The van der Waals surface area contributed by atoms with Crippen molar-refractivity contribution in [1.29, 1.82) is 0 Å². The topological polar surface area (TPSA) is 149 Å². The third kappa shape index (κ3) is 4.17. The molecule has 0 saturated carbocycles. The number of aryl methyl sites for hydroxylation is 1. The SMILES string of the molecule is Cl.Cn1c(=O)[nH]c(=O)c2c1nc(N1CCOCC1)n2CC(O)c1ccc([N+](=O)[O-])cc1. The number of rotatable bonds is 5. The van der Waals surface area contributed by atoms with Gasteiger partial charge in [0.1, 0.15) is 0 Å². The number of aromatic nitrogens is 4.